The standard InChI is InChI=1S/C17H20N4/c1-3-14(18)9-13-8-12(2)17(19-10-13)21-11-20-15-6-4-5-7-16(15)21/h4-8,10-11,14H,3,9,18H2,1-2H3. The third-order valence-corrected chi connectivity index (χ3v) is 3.81. The predicted molar refractivity (Wildman–Crippen MR) is 85.6 cm³/mol. The Labute approximate surface area is 124 Å². The number of nitrogens with two attached hydrogens (primary N) is 1. The van der Waals surface area contributed by atoms with E-state index in [0.29, 0.717) is 0 Å². The van der Waals surface area contributed by atoms with E-state index >= 15 is 0 Å². The minimum Gasteiger partial charge on any atom is -0.327 e. The first-order valence-corrected chi connectivity index (χ1v) is 7.32. The molecule has 3 rings (SSSR count). The molecule has 0 saturated carbocycles. The fraction of sp³-hybridized carbons (Fsp3) is 0.294. The maximum atomic E-state index is 6.02. The summed E-state index contributed by atoms with van der Waals surface area (Å²) in [5, 5.41) is 0. The Morgan fingerprint density at radius 1 is 1.24 bits per heavy atom. The van der Waals surface area contributed by atoms with Crippen LogP contribution in [-0.2, 0) is 6.42 Å². The van der Waals surface area contributed by atoms with E-state index in [9.17, 15) is 0 Å². The third kappa shape index (κ3) is 2.67. The van der Waals surface area contributed by atoms with E-state index in [1.165, 1.54) is 5.56 Å². The minimum atomic E-state index is 0.200. The van der Waals surface area contributed by atoms with Gasteiger partial charge in [0.15, 0.2) is 0 Å². The van der Waals surface area contributed by atoms with Crippen molar-refractivity contribution in [3.05, 3.63) is 54.0 Å². The average molecular weight is 280 g/mol. The second kappa shape index (κ2) is 5.66. The Morgan fingerprint density at radius 3 is 2.81 bits per heavy atom. The van der Waals surface area contributed by atoms with Crippen molar-refractivity contribution in [3.8, 4) is 5.82 Å². The lowest BCUT2D eigenvalue weighted by molar-refractivity contribution is 0.644. The monoisotopic (exact) mass is 280 g/mol. The molecule has 0 fully saturated rings. The quantitative estimate of drug-likeness (QED) is 0.799. The summed E-state index contributed by atoms with van der Waals surface area (Å²) < 4.78 is 2.04. The number of para-hydroxylation sites is 2. The highest BCUT2D eigenvalue weighted by atomic mass is 15.1. The van der Waals surface area contributed by atoms with Gasteiger partial charge in [-0.3, -0.25) is 4.57 Å². The third-order valence-electron chi connectivity index (χ3n) is 3.81. The van der Waals surface area contributed by atoms with Gasteiger partial charge in [-0.2, -0.15) is 0 Å². The van der Waals surface area contributed by atoms with Crippen LogP contribution < -0.4 is 5.73 Å². The number of nitrogens with zero attached hydrogens (tertiary/aromatic N) is 3. The van der Waals surface area contributed by atoms with Crippen LogP contribution in [0.2, 0.25) is 0 Å². The van der Waals surface area contributed by atoms with Gasteiger partial charge in [0, 0.05) is 12.2 Å². The first-order chi connectivity index (χ1) is 10.2. The number of fused-ring (bicyclic) bond motifs is 1. The summed E-state index contributed by atoms with van der Waals surface area (Å²) in [6.07, 6.45) is 5.60. The van der Waals surface area contributed by atoms with Crippen LogP contribution in [0.1, 0.15) is 24.5 Å². The number of benzene rings is 1. The molecule has 0 aliphatic heterocycles. The Morgan fingerprint density at radius 2 is 2.05 bits per heavy atom. The summed E-state index contributed by atoms with van der Waals surface area (Å²) in [5.41, 5.74) is 10.4. The van der Waals surface area contributed by atoms with E-state index in [4.69, 9.17) is 5.73 Å². The van der Waals surface area contributed by atoms with Gasteiger partial charge in [-0.25, -0.2) is 9.97 Å². The predicted octanol–water partition coefficient (Wildman–Crippen LogP) is 3.01. The molecular formula is C17H20N4. The van der Waals surface area contributed by atoms with Crippen molar-refractivity contribution in [3.63, 3.8) is 0 Å². The molecule has 4 heteroatoms. The first kappa shape index (κ1) is 13.8. The molecule has 21 heavy (non-hydrogen) atoms. The Hall–Kier alpha value is -2.20. The Bertz CT molecular complexity index is 760. The molecule has 0 amide bonds. The van der Waals surface area contributed by atoms with Crippen molar-refractivity contribution in [1.82, 2.24) is 14.5 Å². The van der Waals surface area contributed by atoms with Gasteiger partial charge < -0.3 is 5.73 Å². The molecule has 1 aromatic carbocycles. The second-order valence-corrected chi connectivity index (χ2v) is 5.46. The van der Waals surface area contributed by atoms with Gasteiger partial charge in [0.05, 0.1) is 11.0 Å². The molecule has 0 aliphatic rings. The smallest absolute Gasteiger partial charge is 0.141 e. The summed E-state index contributed by atoms with van der Waals surface area (Å²) in [6.45, 7) is 4.19. The van der Waals surface area contributed by atoms with Crippen LogP contribution in [-0.4, -0.2) is 20.6 Å². The van der Waals surface area contributed by atoms with Gasteiger partial charge >= 0.3 is 0 Å². The van der Waals surface area contributed by atoms with E-state index in [1.54, 1.807) is 0 Å². The first-order valence-electron chi connectivity index (χ1n) is 7.32. The molecule has 2 N–H and O–H groups in total. The van der Waals surface area contributed by atoms with Crippen LogP contribution in [0.25, 0.3) is 16.9 Å². The summed E-state index contributed by atoms with van der Waals surface area (Å²) in [5.74, 6) is 0.928. The largest absolute Gasteiger partial charge is 0.327 e. The van der Waals surface area contributed by atoms with Crippen LogP contribution in [0, 0.1) is 6.92 Å². The molecule has 0 aliphatic carbocycles. The Kier molecular flexibility index (Phi) is 3.71. The lowest BCUT2D eigenvalue weighted by Crippen LogP contribution is -2.21. The molecule has 1 unspecified atom stereocenters. The van der Waals surface area contributed by atoms with Gasteiger partial charge in [0.2, 0.25) is 0 Å². The average Bonchev–Trinajstić information content (AvgIpc) is 2.91. The van der Waals surface area contributed by atoms with Crippen LogP contribution in [0.4, 0.5) is 0 Å². The molecule has 3 aromatic rings. The summed E-state index contributed by atoms with van der Waals surface area (Å²) in [4.78, 5) is 9.05. The lowest BCUT2D eigenvalue weighted by Gasteiger charge is -2.12. The van der Waals surface area contributed by atoms with Crippen molar-refractivity contribution in [2.24, 2.45) is 5.73 Å². The van der Waals surface area contributed by atoms with Gasteiger partial charge in [0.1, 0.15) is 12.1 Å². The van der Waals surface area contributed by atoms with Crippen molar-refractivity contribution in [2.45, 2.75) is 32.7 Å². The topological polar surface area (TPSA) is 56.7 Å². The van der Waals surface area contributed by atoms with E-state index in [-0.39, 0.29) is 6.04 Å². The van der Waals surface area contributed by atoms with Crippen LogP contribution in [0.15, 0.2) is 42.9 Å². The molecule has 0 spiro atoms. The number of hydrogen-bond donors (Lipinski definition) is 1. The molecule has 0 radical (unpaired) electrons. The normalized spacial score (nSPS) is 12.7. The number of imidazole rings is 1. The second-order valence-electron chi connectivity index (χ2n) is 5.46. The fourth-order valence-electron chi connectivity index (χ4n) is 2.56. The summed E-state index contributed by atoms with van der Waals surface area (Å²) >= 11 is 0. The highest BCUT2D eigenvalue weighted by Gasteiger charge is 2.09. The highest BCUT2D eigenvalue weighted by molar-refractivity contribution is 5.77. The maximum Gasteiger partial charge on any atom is 0.141 e. The van der Waals surface area contributed by atoms with E-state index in [2.05, 4.69) is 35.9 Å². The van der Waals surface area contributed by atoms with E-state index in [1.807, 2.05) is 35.3 Å². The molecule has 0 bridgehead atoms. The maximum absolute atomic E-state index is 6.02. The molecule has 1 atom stereocenters. The highest BCUT2D eigenvalue weighted by Crippen LogP contribution is 2.20. The van der Waals surface area contributed by atoms with Crippen LogP contribution in [0.5, 0.6) is 0 Å². The van der Waals surface area contributed by atoms with Crippen molar-refractivity contribution < 1.29 is 0 Å². The van der Waals surface area contributed by atoms with Gasteiger partial charge in [0.25, 0.3) is 0 Å². The van der Waals surface area contributed by atoms with Crippen molar-refractivity contribution >= 4 is 11.0 Å². The minimum absolute atomic E-state index is 0.200. The Balaban J connectivity index is 1.99. The van der Waals surface area contributed by atoms with Crippen LogP contribution >= 0.6 is 0 Å². The molecule has 2 aromatic heterocycles. The SMILES string of the molecule is CCC(N)Cc1cnc(-n2cnc3ccccc32)c(C)c1. The molecule has 4 nitrogen and oxygen atoms in total. The summed E-state index contributed by atoms with van der Waals surface area (Å²) in [6, 6.07) is 10.5. The zero-order valence-electron chi connectivity index (χ0n) is 12.5. The fourth-order valence-corrected chi connectivity index (χ4v) is 2.56. The van der Waals surface area contributed by atoms with Gasteiger partial charge in [-0.05, 0) is 43.0 Å². The number of rotatable bonds is 4. The number of aryl methyl sites for hydroxylation is 1. The zero-order valence-corrected chi connectivity index (χ0v) is 12.5. The van der Waals surface area contributed by atoms with Gasteiger partial charge in [-0.1, -0.05) is 25.1 Å². The number of aromatic nitrogens is 3. The van der Waals surface area contributed by atoms with Crippen molar-refractivity contribution in [2.75, 3.05) is 0 Å². The van der Waals surface area contributed by atoms with E-state index in [0.717, 1.165) is 35.3 Å². The summed E-state index contributed by atoms with van der Waals surface area (Å²) in [7, 11) is 0. The molecule has 108 valence electrons. The zero-order chi connectivity index (χ0) is 14.8. The van der Waals surface area contributed by atoms with E-state index < -0.39 is 0 Å². The number of hydrogen-bond acceptors (Lipinski definition) is 3. The molecular weight excluding hydrogens is 260 g/mol. The molecule has 2 heterocycles. The lowest BCUT2D eigenvalue weighted by atomic mass is 10.1. The molecule has 0 saturated heterocycles. The van der Waals surface area contributed by atoms with Crippen molar-refractivity contribution in [1.29, 1.82) is 0 Å². The number of pyridine rings is 1. The van der Waals surface area contributed by atoms with Gasteiger partial charge in [-0.15, -0.1) is 0 Å². The van der Waals surface area contributed by atoms with Crippen LogP contribution in [0.3, 0.4) is 0 Å².